The summed E-state index contributed by atoms with van der Waals surface area (Å²) in [6.07, 6.45) is 66.1. The van der Waals surface area contributed by atoms with Crippen LogP contribution in [-0.2, 0) is 14.3 Å². The van der Waals surface area contributed by atoms with Crippen LogP contribution < -0.4 is 5.32 Å². The number of esters is 1. The lowest BCUT2D eigenvalue weighted by atomic mass is 10.0. The van der Waals surface area contributed by atoms with Crippen molar-refractivity contribution in [1.82, 2.24) is 5.32 Å². The molecule has 0 aliphatic heterocycles. The first-order valence-electron chi connectivity index (χ1n) is 28.9. The topological polar surface area (TPSA) is 95.9 Å². The molecule has 0 aromatic rings. The number of hydrogen-bond acceptors (Lipinski definition) is 5. The summed E-state index contributed by atoms with van der Waals surface area (Å²) >= 11 is 0. The predicted molar refractivity (Wildman–Crippen MR) is 287 cm³/mol. The van der Waals surface area contributed by atoms with Gasteiger partial charge in [0.2, 0.25) is 5.91 Å². The number of aliphatic hydroxyl groups excluding tert-OH is 2. The van der Waals surface area contributed by atoms with Gasteiger partial charge >= 0.3 is 5.97 Å². The maximum absolute atomic E-state index is 13.2. The van der Waals surface area contributed by atoms with E-state index in [0.717, 1.165) is 70.6 Å². The molecule has 0 fully saturated rings. The van der Waals surface area contributed by atoms with E-state index in [0.29, 0.717) is 19.3 Å². The van der Waals surface area contributed by atoms with Gasteiger partial charge in [-0.1, -0.05) is 268 Å². The number of carbonyl (C=O) groups is 2. The first kappa shape index (κ1) is 63.8. The van der Waals surface area contributed by atoms with E-state index >= 15 is 0 Å². The van der Waals surface area contributed by atoms with Crippen molar-refractivity contribution in [3.63, 3.8) is 0 Å². The van der Waals surface area contributed by atoms with Gasteiger partial charge in [0.05, 0.1) is 25.2 Å². The summed E-state index contributed by atoms with van der Waals surface area (Å²) in [4.78, 5) is 26.2. The fourth-order valence-corrected chi connectivity index (χ4v) is 8.77. The molecule has 0 saturated heterocycles. The summed E-state index contributed by atoms with van der Waals surface area (Å²) in [7, 11) is 0. The second-order valence-corrected chi connectivity index (χ2v) is 19.7. The van der Waals surface area contributed by atoms with Crippen molar-refractivity contribution in [2.24, 2.45) is 0 Å². The third-order valence-electron chi connectivity index (χ3n) is 13.2. The Kier molecular flexibility index (Phi) is 52.0. The van der Waals surface area contributed by atoms with Crippen molar-refractivity contribution < 1.29 is 24.5 Å². The normalized spacial score (nSPS) is 13.5. The molecule has 6 heteroatoms. The van der Waals surface area contributed by atoms with E-state index in [9.17, 15) is 19.8 Å². The van der Waals surface area contributed by atoms with Crippen molar-refractivity contribution >= 4 is 11.9 Å². The molecule has 0 saturated carbocycles. The molecule has 3 unspecified atom stereocenters. The second-order valence-electron chi connectivity index (χ2n) is 19.7. The smallest absolute Gasteiger partial charge is 0.306 e. The highest BCUT2D eigenvalue weighted by atomic mass is 16.5. The maximum Gasteiger partial charge on any atom is 0.306 e. The van der Waals surface area contributed by atoms with Crippen LogP contribution in [0.1, 0.15) is 297 Å². The summed E-state index contributed by atoms with van der Waals surface area (Å²) < 4.78 is 5.94. The average molecular weight is 927 g/mol. The Morgan fingerprint density at radius 2 is 0.788 bits per heavy atom. The number of amides is 1. The molecule has 0 aliphatic rings. The Morgan fingerprint density at radius 3 is 1.20 bits per heavy atom. The SMILES string of the molecule is CCCCC/C=C\C/C=C\C/C=C\C/C=C\CCCC(CC(=O)NC(CO)C(O)CCCCCCCCCCCCC)OC(=O)CCCCCCCCCCCCCCCCCCCCC. The highest BCUT2D eigenvalue weighted by Gasteiger charge is 2.24. The third kappa shape index (κ3) is 48.3. The van der Waals surface area contributed by atoms with Gasteiger partial charge in [0.1, 0.15) is 6.10 Å². The molecular weight excluding hydrogens is 815 g/mol. The largest absolute Gasteiger partial charge is 0.462 e. The minimum Gasteiger partial charge on any atom is -0.462 e. The monoisotopic (exact) mass is 926 g/mol. The van der Waals surface area contributed by atoms with Crippen LogP contribution in [0.5, 0.6) is 0 Å². The van der Waals surface area contributed by atoms with Crippen molar-refractivity contribution in [2.45, 2.75) is 315 Å². The van der Waals surface area contributed by atoms with E-state index in [2.05, 4.69) is 74.7 Å². The van der Waals surface area contributed by atoms with E-state index in [1.165, 1.54) is 180 Å². The highest BCUT2D eigenvalue weighted by molar-refractivity contribution is 5.77. The summed E-state index contributed by atoms with van der Waals surface area (Å²) in [6.45, 7) is 6.46. The molecular formula is C60H111NO5. The first-order valence-corrected chi connectivity index (χ1v) is 28.9. The predicted octanol–water partition coefficient (Wildman–Crippen LogP) is 17.8. The quantitative estimate of drug-likeness (QED) is 0.0321. The second kappa shape index (κ2) is 53.8. The van der Waals surface area contributed by atoms with E-state index in [1.54, 1.807) is 0 Å². The van der Waals surface area contributed by atoms with Gasteiger partial charge in [0.15, 0.2) is 0 Å². The number of ether oxygens (including phenoxy) is 1. The van der Waals surface area contributed by atoms with E-state index in [-0.39, 0.29) is 24.9 Å². The third-order valence-corrected chi connectivity index (χ3v) is 13.2. The van der Waals surface area contributed by atoms with Crippen LogP contribution in [0.25, 0.3) is 0 Å². The summed E-state index contributed by atoms with van der Waals surface area (Å²) in [5, 5.41) is 23.8. The van der Waals surface area contributed by atoms with Gasteiger partial charge in [-0.2, -0.15) is 0 Å². The summed E-state index contributed by atoms with van der Waals surface area (Å²) in [5.74, 6) is -0.515. The number of unbranched alkanes of at least 4 members (excludes halogenated alkanes) is 32. The highest BCUT2D eigenvalue weighted by Crippen LogP contribution is 2.18. The van der Waals surface area contributed by atoms with Gasteiger partial charge in [0, 0.05) is 6.42 Å². The average Bonchev–Trinajstić information content (AvgIpc) is 3.31. The Morgan fingerprint density at radius 1 is 0.439 bits per heavy atom. The molecule has 386 valence electrons. The molecule has 0 rings (SSSR count). The minimum atomic E-state index is -0.801. The Balaban J connectivity index is 4.60. The Bertz CT molecular complexity index is 1130. The van der Waals surface area contributed by atoms with Gasteiger partial charge in [-0.25, -0.2) is 0 Å². The number of carbonyl (C=O) groups excluding carboxylic acids is 2. The Hall–Kier alpha value is -2.18. The van der Waals surface area contributed by atoms with Crippen molar-refractivity contribution in [3.8, 4) is 0 Å². The Labute approximate surface area is 410 Å². The molecule has 0 bridgehead atoms. The van der Waals surface area contributed by atoms with Crippen molar-refractivity contribution in [2.75, 3.05) is 6.61 Å². The zero-order chi connectivity index (χ0) is 48.1. The van der Waals surface area contributed by atoms with Crippen molar-refractivity contribution in [3.05, 3.63) is 48.6 Å². The molecule has 0 aliphatic carbocycles. The summed E-state index contributed by atoms with van der Waals surface area (Å²) in [6, 6.07) is -0.717. The molecule has 6 nitrogen and oxygen atoms in total. The van der Waals surface area contributed by atoms with Crippen LogP contribution >= 0.6 is 0 Å². The maximum atomic E-state index is 13.2. The first-order chi connectivity index (χ1) is 32.5. The fraction of sp³-hybridized carbons (Fsp3) is 0.833. The van der Waals surface area contributed by atoms with Gasteiger partial charge in [-0.15, -0.1) is 0 Å². The van der Waals surface area contributed by atoms with E-state index in [4.69, 9.17) is 4.74 Å². The molecule has 0 radical (unpaired) electrons. The zero-order valence-electron chi connectivity index (χ0n) is 44.1. The molecule has 3 atom stereocenters. The van der Waals surface area contributed by atoms with Crippen LogP contribution in [-0.4, -0.2) is 46.9 Å². The number of rotatable bonds is 52. The van der Waals surface area contributed by atoms with Gasteiger partial charge in [-0.05, 0) is 64.2 Å². The van der Waals surface area contributed by atoms with Gasteiger partial charge < -0.3 is 20.3 Å². The van der Waals surface area contributed by atoms with E-state index < -0.39 is 18.2 Å². The van der Waals surface area contributed by atoms with Crippen LogP contribution in [0.3, 0.4) is 0 Å². The van der Waals surface area contributed by atoms with Crippen LogP contribution in [0.2, 0.25) is 0 Å². The van der Waals surface area contributed by atoms with Gasteiger partial charge in [-0.3, -0.25) is 9.59 Å². The molecule has 0 spiro atoms. The minimum absolute atomic E-state index is 0.0429. The lowest BCUT2D eigenvalue weighted by Gasteiger charge is -2.24. The number of hydrogen-bond donors (Lipinski definition) is 3. The van der Waals surface area contributed by atoms with Gasteiger partial charge in [0.25, 0.3) is 0 Å². The lowest BCUT2D eigenvalue weighted by Crippen LogP contribution is -2.46. The zero-order valence-corrected chi connectivity index (χ0v) is 44.1. The number of allylic oxidation sites excluding steroid dienone is 8. The number of aliphatic hydroxyl groups is 2. The van der Waals surface area contributed by atoms with Crippen molar-refractivity contribution in [1.29, 1.82) is 0 Å². The summed E-state index contributed by atoms with van der Waals surface area (Å²) in [5.41, 5.74) is 0. The molecule has 3 N–H and O–H groups in total. The molecule has 0 aromatic heterocycles. The molecule has 66 heavy (non-hydrogen) atoms. The molecule has 1 amide bonds. The van der Waals surface area contributed by atoms with E-state index in [1.807, 2.05) is 0 Å². The molecule has 0 aromatic carbocycles. The standard InChI is InChI=1S/C60H111NO5/c1-4-7-10-13-16-19-22-24-26-28-29-31-33-35-38-41-44-47-50-53-60(65)66-56(51-48-45-42-39-37-34-32-30-27-25-23-20-17-14-11-8-5-2)54-59(64)61-57(55-62)58(63)52-49-46-43-40-36-21-18-15-12-9-6-3/h17,20,25,27,32,34,39,42,56-58,62-63H,4-16,18-19,21-24,26,28-31,33,35-38,40-41,43-55H2,1-3H3,(H,61,64)/b20-17-,27-25-,34-32-,42-39-. The number of nitrogens with one attached hydrogen (secondary N) is 1. The van der Waals surface area contributed by atoms with Crippen LogP contribution in [0, 0.1) is 0 Å². The van der Waals surface area contributed by atoms with Crippen LogP contribution in [0.15, 0.2) is 48.6 Å². The molecule has 0 heterocycles. The fourth-order valence-electron chi connectivity index (χ4n) is 8.77. The van der Waals surface area contributed by atoms with Crippen LogP contribution in [0.4, 0.5) is 0 Å². The lowest BCUT2D eigenvalue weighted by molar-refractivity contribution is -0.151.